The maximum atomic E-state index is 13.8. The predicted octanol–water partition coefficient (Wildman–Crippen LogP) is -3.28. The summed E-state index contributed by atoms with van der Waals surface area (Å²) in [5.41, 5.74) is 21.4. The lowest BCUT2D eigenvalue weighted by molar-refractivity contribution is -0.138. The van der Waals surface area contributed by atoms with Gasteiger partial charge in [0, 0.05) is 26.2 Å². The molecule has 0 spiro atoms. The first-order valence-corrected chi connectivity index (χ1v) is 19.7. The molecule has 6 atom stereocenters. The van der Waals surface area contributed by atoms with Gasteiger partial charge >= 0.3 is 5.97 Å². The molecule has 0 aliphatic carbocycles. The highest BCUT2D eigenvalue weighted by atomic mass is 32.2. The Bertz CT molecular complexity index is 1380. The molecule has 0 saturated carbocycles. The predicted molar refractivity (Wildman–Crippen MR) is 206 cm³/mol. The minimum atomic E-state index is -1.50. The molecule has 0 radical (unpaired) electrons. The number of rotatable bonds is 30. The molecule has 0 fully saturated rings. The lowest BCUT2D eigenvalue weighted by Gasteiger charge is -2.28. The van der Waals surface area contributed by atoms with E-state index in [1.807, 2.05) is 0 Å². The highest BCUT2D eigenvalue weighted by molar-refractivity contribution is 7.98. The van der Waals surface area contributed by atoms with Gasteiger partial charge < -0.3 is 59.9 Å². The zero-order valence-electron chi connectivity index (χ0n) is 32.5. The SMILES string of the molecule is CSCC[C@H](NC(=O)[C@H](CCC(=O)O)NC(=O)[C@H](CCC(N)=O)NC(C)=O)C(=O)N[C@@H](CCCCN)C(=O)N[C@@H](CC(C)C)C(=O)N[C@@H](CCC(N)=O)C(N)=O. The number of carbonyl (C=O) groups is 10. The number of hydrogen-bond acceptors (Lipinski definition) is 12. The normalized spacial score (nSPS) is 14.1. The summed E-state index contributed by atoms with van der Waals surface area (Å²) in [4.78, 5) is 125. The van der Waals surface area contributed by atoms with Crippen LogP contribution in [0.2, 0.25) is 0 Å². The summed E-state index contributed by atoms with van der Waals surface area (Å²) in [5, 5.41) is 24.3. The van der Waals surface area contributed by atoms with Crippen LogP contribution >= 0.6 is 11.8 Å². The highest BCUT2D eigenvalue weighted by Crippen LogP contribution is 2.11. The summed E-state index contributed by atoms with van der Waals surface area (Å²) in [6, 6.07) is -7.76. The van der Waals surface area contributed by atoms with E-state index < -0.39 is 108 Å². The molecule has 22 heteroatoms. The van der Waals surface area contributed by atoms with E-state index in [1.165, 1.54) is 11.8 Å². The van der Waals surface area contributed by atoms with Gasteiger partial charge in [-0.05, 0) is 75.8 Å². The van der Waals surface area contributed by atoms with Gasteiger partial charge in [0.05, 0.1) is 0 Å². The van der Waals surface area contributed by atoms with Crippen LogP contribution < -0.4 is 54.8 Å². The van der Waals surface area contributed by atoms with Gasteiger partial charge in [-0.3, -0.25) is 47.9 Å². The topological polar surface area (TPSA) is 367 Å². The van der Waals surface area contributed by atoms with Crippen molar-refractivity contribution in [2.75, 3.05) is 18.6 Å². The molecule has 0 aromatic rings. The summed E-state index contributed by atoms with van der Waals surface area (Å²) in [7, 11) is 0. The maximum absolute atomic E-state index is 13.8. The average Bonchev–Trinajstić information content (AvgIpc) is 3.09. The third-order valence-corrected chi connectivity index (χ3v) is 8.80. The van der Waals surface area contributed by atoms with Crippen LogP contribution in [0.25, 0.3) is 0 Å². The first-order valence-electron chi connectivity index (χ1n) is 18.3. The van der Waals surface area contributed by atoms with Crippen molar-refractivity contribution in [1.29, 1.82) is 0 Å². The van der Waals surface area contributed by atoms with Gasteiger partial charge in [-0.1, -0.05) is 13.8 Å². The Morgan fingerprint density at radius 1 is 0.554 bits per heavy atom. The van der Waals surface area contributed by atoms with E-state index in [-0.39, 0.29) is 57.4 Å². The fraction of sp³-hybridized carbons (Fsp3) is 0.706. The number of carboxylic acid groups (broad SMARTS) is 1. The second-order valence-electron chi connectivity index (χ2n) is 13.6. The van der Waals surface area contributed by atoms with Crippen molar-refractivity contribution in [2.24, 2.45) is 28.9 Å². The lowest BCUT2D eigenvalue weighted by Crippen LogP contribution is -2.59. The van der Waals surface area contributed by atoms with Gasteiger partial charge in [-0.15, -0.1) is 0 Å². The van der Waals surface area contributed by atoms with E-state index in [2.05, 4.69) is 31.9 Å². The summed E-state index contributed by atoms with van der Waals surface area (Å²) in [6.45, 7) is 4.99. The number of carboxylic acids is 1. The molecule has 318 valence electrons. The van der Waals surface area contributed by atoms with Gasteiger partial charge in [0.1, 0.15) is 36.3 Å². The molecule has 0 aromatic carbocycles. The standard InChI is InChI=1S/C34H60N10O11S/c1-18(2)17-25(34(55)40-20(29(38)50)8-11-26(36)46)44-30(51)21(7-5-6-15-35)41-33(54)24(14-16-56-4)43-32(53)23(10-13-28(48)49)42-31(52)22(39-19(3)45)9-12-27(37)47/h18,20-25H,5-17,35H2,1-4H3,(H2,36,46)(H2,37,47)(H2,38,50)(H,39,45)(H,40,55)(H,41,54)(H,42,52)(H,43,53)(H,44,51)(H,48,49)/t20-,21-,22-,23-,24-,25-/m0/s1. The molecule has 0 heterocycles. The number of nitrogens with one attached hydrogen (secondary N) is 6. The van der Waals surface area contributed by atoms with E-state index in [4.69, 9.17) is 22.9 Å². The maximum Gasteiger partial charge on any atom is 0.303 e. The number of thioether (sulfide) groups is 1. The van der Waals surface area contributed by atoms with Crippen LogP contribution in [0.3, 0.4) is 0 Å². The number of carbonyl (C=O) groups excluding carboxylic acids is 9. The molecule has 0 aliphatic heterocycles. The van der Waals surface area contributed by atoms with E-state index in [9.17, 15) is 53.1 Å². The number of nitrogens with two attached hydrogens (primary N) is 4. The minimum Gasteiger partial charge on any atom is -0.481 e. The quantitative estimate of drug-likeness (QED) is 0.0317. The smallest absolute Gasteiger partial charge is 0.303 e. The van der Waals surface area contributed by atoms with Crippen molar-refractivity contribution in [1.82, 2.24) is 31.9 Å². The molecule has 0 aromatic heterocycles. The Hall–Kier alpha value is -4.99. The van der Waals surface area contributed by atoms with Crippen LogP contribution in [0.5, 0.6) is 0 Å². The van der Waals surface area contributed by atoms with Crippen LogP contribution in [-0.4, -0.2) is 119 Å². The van der Waals surface area contributed by atoms with Gasteiger partial charge in [-0.2, -0.15) is 11.8 Å². The van der Waals surface area contributed by atoms with Crippen molar-refractivity contribution in [3.63, 3.8) is 0 Å². The van der Waals surface area contributed by atoms with Crippen molar-refractivity contribution in [3.8, 4) is 0 Å². The van der Waals surface area contributed by atoms with Crippen LogP contribution in [-0.2, 0) is 47.9 Å². The number of aliphatic carboxylic acids is 1. The molecule has 0 aliphatic rings. The van der Waals surface area contributed by atoms with Gasteiger partial charge in [0.2, 0.25) is 53.2 Å². The molecule has 0 saturated heterocycles. The number of unbranched alkanes of at least 4 members (excludes halogenated alkanes) is 1. The number of primary amides is 3. The zero-order valence-corrected chi connectivity index (χ0v) is 33.3. The van der Waals surface area contributed by atoms with Gasteiger partial charge in [-0.25, -0.2) is 0 Å². The summed E-state index contributed by atoms with van der Waals surface area (Å²) < 4.78 is 0. The molecular formula is C34H60N10O11S. The van der Waals surface area contributed by atoms with E-state index in [0.29, 0.717) is 18.6 Å². The fourth-order valence-electron chi connectivity index (χ4n) is 5.24. The number of hydrogen-bond donors (Lipinski definition) is 11. The van der Waals surface area contributed by atoms with Crippen molar-refractivity contribution in [3.05, 3.63) is 0 Å². The molecule has 15 N–H and O–H groups in total. The molecular weight excluding hydrogens is 756 g/mol. The summed E-state index contributed by atoms with van der Waals surface area (Å²) in [6.07, 6.45) is 0.979. The molecule has 0 rings (SSSR count). The summed E-state index contributed by atoms with van der Waals surface area (Å²) >= 11 is 1.34. The molecule has 0 bridgehead atoms. The van der Waals surface area contributed by atoms with Crippen molar-refractivity contribution < 1.29 is 53.1 Å². The molecule has 21 nitrogen and oxygen atoms in total. The second kappa shape index (κ2) is 27.6. The van der Waals surface area contributed by atoms with Crippen LogP contribution in [0.15, 0.2) is 0 Å². The second-order valence-corrected chi connectivity index (χ2v) is 14.6. The van der Waals surface area contributed by atoms with E-state index >= 15 is 0 Å². The zero-order chi connectivity index (χ0) is 43.0. The van der Waals surface area contributed by atoms with Crippen molar-refractivity contribution >= 4 is 70.9 Å². The highest BCUT2D eigenvalue weighted by Gasteiger charge is 2.33. The Morgan fingerprint density at radius 2 is 0.946 bits per heavy atom. The molecule has 9 amide bonds. The van der Waals surface area contributed by atoms with Crippen molar-refractivity contribution in [2.45, 2.75) is 128 Å². The first kappa shape index (κ1) is 51.0. The Morgan fingerprint density at radius 3 is 1.36 bits per heavy atom. The Balaban J connectivity index is 6.36. The van der Waals surface area contributed by atoms with Crippen LogP contribution in [0, 0.1) is 5.92 Å². The van der Waals surface area contributed by atoms with Crippen LogP contribution in [0.1, 0.15) is 91.4 Å². The fourth-order valence-corrected chi connectivity index (χ4v) is 5.71. The largest absolute Gasteiger partial charge is 0.481 e. The summed E-state index contributed by atoms with van der Waals surface area (Å²) in [5.74, 6) is -8.23. The molecule has 56 heavy (non-hydrogen) atoms. The Labute approximate surface area is 330 Å². The Kier molecular flexibility index (Phi) is 25.1. The molecule has 0 unspecified atom stereocenters. The lowest BCUT2D eigenvalue weighted by atomic mass is 10.0. The minimum absolute atomic E-state index is 0.0425. The first-order chi connectivity index (χ1) is 26.2. The van der Waals surface area contributed by atoms with Gasteiger partial charge in [0.25, 0.3) is 0 Å². The van der Waals surface area contributed by atoms with E-state index in [0.717, 1.165) is 6.92 Å². The van der Waals surface area contributed by atoms with Crippen LogP contribution in [0.4, 0.5) is 0 Å². The average molecular weight is 817 g/mol. The third-order valence-electron chi connectivity index (χ3n) is 8.16. The van der Waals surface area contributed by atoms with Gasteiger partial charge in [0.15, 0.2) is 0 Å². The van der Waals surface area contributed by atoms with E-state index in [1.54, 1.807) is 20.1 Å². The monoisotopic (exact) mass is 816 g/mol. The number of amides is 9. The third kappa shape index (κ3) is 22.4.